The second kappa shape index (κ2) is 5.18. The second-order valence-corrected chi connectivity index (χ2v) is 5.01. The van der Waals surface area contributed by atoms with Gasteiger partial charge in [-0.15, -0.1) is 0 Å². The van der Waals surface area contributed by atoms with Crippen LogP contribution in [0.5, 0.6) is 0 Å². The van der Waals surface area contributed by atoms with E-state index in [2.05, 4.69) is 9.97 Å². The fourth-order valence-corrected chi connectivity index (χ4v) is 2.58. The molecule has 0 saturated heterocycles. The maximum Gasteiger partial charge on any atom is 0.339 e. The summed E-state index contributed by atoms with van der Waals surface area (Å²) < 4.78 is 6.71. The number of nitrogens with zero attached hydrogens (tertiary/aromatic N) is 3. The van der Waals surface area contributed by atoms with Crippen molar-refractivity contribution in [2.24, 2.45) is 7.05 Å². The van der Waals surface area contributed by atoms with Crippen LogP contribution in [-0.4, -0.2) is 27.6 Å². The first-order valence-electron chi connectivity index (χ1n) is 6.24. The predicted molar refractivity (Wildman–Crippen MR) is 80.3 cm³/mol. The average molecular weight is 302 g/mol. The van der Waals surface area contributed by atoms with E-state index in [0.29, 0.717) is 10.6 Å². The summed E-state index contributed by atoms with van der Waals surface area (Å²) >= 11 is 6.15. The molecule has 0 unspecified atom stereocenters. The fraction of sp³-hybridized carbons (Fsp3) is 0.133. The van der Waals surface area contributed by atoms with Crippen LogP contribution < -0.4 is 0 Å². The van der Waals surface area contributed by atoms with E-state index in [9.17, 15) is 4.79 Å². The second-order valence-electron chi connectivity index (χ2n) is 4.60. The molecule has 2 heterocycles. The molecule has 2 aromatic heterocycles. The van der Waals surface area contributed by atoms with E-state index in [0.717, 1.165) is 22.2 Å². The number of hydrogen-bond donors (Lipinski definition) is 0. The molecule has 21 heavy (non-hydrogen) atoms. The zero-order valence-corrected chi connectivity index (χ0v) is 12.3. The lowest BCUT2D eigenvalue weighted by Gasteiger charge is -2.05. The van der Waals surface area contributed by atoms with Crippen molar-refractivity contribution >= 4 is 28.5 Å². The first kappa shape index (κ1) is 13.6. The molecule has 0 aliphatic rings. The third kappa shape index (κ3) is 2.25. The van der Waals surface area contributed by atoms with E-state index < -0.39 is 5.97 Å². The van der Waals surface area contributed by atoms with Crippen LogP contribution in [0.15, 0.2) is 36.9 Å². The molecule has 0 spiro atoms. The third-order valence-corrected chi connectivity index (χ3v) is 3.71. The molecule has 0 saturated carbocycles. The van der Waals surface area contributed by atoms with E-state index in [1.807, 2.05) is 17.7 Å². The Morgan fingerprint density at radius 3 is 2.62 bits per heavy atom. The monoisotopic (exact) mass is 301 g/mol. The van der Waals surface area contributed by atoms with Crippen molar-refractivity contribution in [1.82, 2.24) is 14.5 Å². The summed E-state index contributed by atoms with van der Waals surface area (Å²) in [5.41, 5.74) is 3.08. The van der Waals surface area contributed by atoms with Gasteiger partial charge in [0.25, 0.3) is 0 Å². The summed E-state index contributed by atoms with van der Waals surface area (Å²) in [6, 6.07) is 5.48. The van der Waals surface area contributed by atoms with Crippen LogP contribution in [0.3, 0.4) is 0 Å². The van der Waals surface area contributed by atoms with Gasteiger partial charge < -0.3 is 9.30 Å². The highest BCUT2D eigenvalue weighted by Gasteiger charge is 2.15. The fourth-order valence-electron chi connectivity index (χ4n) is 2.33. The minimum absolute atomic E-state index is 0.351. The number of aromatic nitrogens is 3. The topological polar surface area (TPSA) is 57.0 Å². The van der Waals surface area contributed by atoms with Gasteiger partial charge >= 0.3 is 5.97 Å². The molecule has 0 aliphatic heterocycles. The van der Waals surface area contributed by atoms with E-state index in [-0.39, 0.29) is 0 Å². The maximum absolute atomic E-state index is 11.7. The van der Waals surface area contributed by atoms with Crippen LogP contribution in [0.4, 0.5) is 0 Å². The van der Waals surface area contributed by atoms with Gasteiger partial charge in [-0.3, -0.25) is 0 Å². The van der Waals surface area contributed by atoms with Crippen LogP contribution in [0.2, 0.25) is 5.02 Å². The molecule has 5 nitrogen and oxygen atoms in total. The summed E-state index contributed by atoms with van der Waals surface area (Å²) in [4.78, 5) is 19.8. The Hall–Kier alpha value is -2.40. The van der Waals surface area contributed by atoms with Gasteiger partial charge in [0, 0.05) is 35.9 Å². The van der Waals surface area contributed by atoms with Crippen molar-refractivity contribution in [3.63, 3.8) is 0 Å². The minimum Gasteiger partial charge on any atom is -0.465 e. The lowest BCUT2D eigenvalue weighted by molar-refractivity contribution is 0.0601. The molecule has 106 valence electrons. The molecular weight excluding hydrogens is 290 g/mol. The number of aryl methyl sites for hydroxylation is 1. The van der Waals surface area contributed by atoms with E-state index in [1.54, 1.807) is 24.5 Å². The van der Waals surface area contributed by atoms with Gasteiger partial charge in [-0.1, -0.05) is 11.6 Å². The SMILES string of the molecule is COC(=O)c1cc2c(cc1Cl)cc(-c1cncnc1)n2C. The van der Waals surface area contributed by atoms with Crippen molar-refractivity contribution in [2.45, 2.75) is 0 Å². The van der Waals surface area contributed by atoms with Crippen molar-refractivity contribution < 1.29 is 9.53 Å². The number of carbonyl (C=O) groups excluding carboxylic acids is 1. The lowest BCUT2D eigenvalue weighted by atomic mass is 10.1. The molecule has 0 atom stereocenters. The average Bonchev–Trinajstić information content (AvgIpc) is 2.83. The van der Waals surface area contributed by atoms with Crippen LogP contribution in [-0.2, 0) is 11.8 Å². The number of esters is 1. The minimum atomic E-state index is -0.451. The van der Waals surface area contributed by atoms with Gasteiger partial charge in [0.1, 0.15) is 6.33 Å². The summed E-state index contributed by atoms with van der Waals surface area (Å²) in [5.74, 6) is -0.451. The quantitative estimate of drug-likeness (QED) is 0.683. The highest BCUT2D eigenvalue weighted by Crippen LogP contribution is 2.30. The number of ether oxygens (including phenoxy) is 1. The molecule has 3 aromatic rings. The molecule has 0 fully saturated rings. The summed E-state index contributed by atoms with van der Waals surface area (Å²) in [6.45, 7) is 0. The summed E-state index contributed by atoms with van der Waals surface area (Å²) in [7, 11) is 3.25. The van der Waals surface area contributed by atoms with Gasteiger partial charge in [-0.05, 0) is 18.2 Å². The molecule has 0 radical (unpaired) electrons. The molecule has 0 bridgehead atoms. The maximum atomic E-state index is 11.7. The van der Waals surface area contributed by atoms with Gasteiger partial charge in [0.2, 0.25) is 0 Å². The molecule has 0 amide bonds. The number of rotatable bonds is 2. The Balaban J connectivity index is 2.24. The number of methoxy groups -OCH3 is 1. The van der Waals surface area contributed by atoms with E-state index in [1.165, 1.54) is 13.4 Å². The molecule has 1 aromatic carbocycles. The van der Waals surface area contributed by atoms with Crippen LogP contribution in [0, 0.1) is 0 Å². The predicted octanol–water partition coefficient (Wildman–Crippen LogP) is 3.08. The Labute approximate surface area is 126 Å². The van der Waals surface area contributed by atoms with Gasteiger partial charge in [-0.25, -0.2) is 14.8 Å². The Morgan fingerprint density at radius 1 is 1.24 bits per heavy atom. The van der Waals surface area contributed by atoms with Gasteiger partial charge in [0.05, 0.1) is 23.4 Å². The largest absolute Gasteiger partial charge is 0.465 e. The number of benzene rings is 1. The van der Waals surface area contributed by atoms with E-state index in [4.69, 9.17) is 16.3 Å². The zero-order valence-electron chi connectivity index (χ0n) is 11.5. The first-order chi connectivity index (χ1) is 10.1. The third-order valence-electron chi connectivity index (χ3n) is 3.39. The highest BCUT2D eigenvalue weighted by atomic mass is 35.5. The zero-order chi connectivity index (χ0) is 15.0. The molecule has 0 N–H and O–H groups in total. The highest BCUT2D eigenvalue weighted by molar-refractivity contribution is 6.34. The lowest BCUT2D eigenvalue weighted by Crippen LogP contribution is -2.02. The number of carbonyl (C=O) groups is 1. The smallest absolute Gasteiger partial charge is 0.339 e. The summed E-state index contributed by atoms with van der Waals surface area (Å²) in [6.07, 6.45) is 4.96. The Kier molecular flexibility index (Phi) is 3.35. The van der Waals surface area contributed by atoms with E-state index >= 15 is 0 Å². The number of hydrogen-bond acceptors (Lipinski definition) is 4. The Morgan fingerprint density at radius 2 is 1.95 bits per heavy atom. The van der Waals surface area contributed by atoms with Crippen molar-refractivity contribution in [3.8, 4) is 11.3 Å². The molecule has 0 aliphatic carbocycles. The molecule has 6 heteroatoms. The van der Waals surface area contributed by atoms with Crippen molar-refractivity contribution in [3.05, 3.63) is 47.5 Å². The van der Waals surface area contributed by atoms with Crippen LogP contribution in [0.25, 0.3) is 22.2 Å². The standard InChI is InChI=1S/C15H12ClN3O2/c1-19-13(10-6-17-8-18-7-10)4-9-3-12(16)11(5-14(9)19)15(20)21-2/h3-8H,1-2H3. The van der Waals surface area contributed by atoms with Gasteiger partial charge in [-0.2, -0.15) is 0 Å². The Bertz CT molecular complexity index is 828. The number of fused-ring (bicyclic) bond motifs is 1. The number of halogens is 1. The van der Waals surface area contributed by atoms with Crippen molar-refractivity contribution in [1.29, 1.82) is 0 Å². The molecular formula is C15H12ClN3O2. The van der Waals surface area contributed by atoms with Crippen molar-refractivity contribution in [2.75, 3.05) is 7.11 Å². The first-order valence-corrected chi connectivity index (χ1v) is 6.62. The van der Waals surface area contributed by atoms with Crippen LogP contribution >= 0.6 is 11.6 Å². The van der Waals surface area contributed by atoms with Gasteiger partial charge in [0.15, 0.2) is 0 Å². The molecule has 3 rings (SSSR count). The summed E-state index contributed by atoms with van der Waals surface area (Å²) in [5, 5.41) is 1.31. The normalized spacial score (nSPS) is 10.8. The van der Waals surface area contributed by atoms with Crippen LogP contribution in [0.1, 0.15) is 10.4 Å².